The summed E-state index contributed by atoms with van der Waals surface area (Å²) in [4.78, 5) is 11.8. The highest BCUT2D eigenvalue weighted by atomic mass is 28.4. The average molecular weight is 335 g/mol. The van der Waals surface area contributed by atoms with Gasteiger partial charge in [-0.25, -0.2) is 0 Å². The number of hydrogen-bond donors (Lipinski definition) is 0. The topological polar surface area (TPSA) is 35.5 Å². The van der Waals surface area contributed by atoms with Gasteiger partial charge in [-0.05, 0) is 36.5 Å². The second-order valence-corrected chi connectivity index (χ2v) is 12.9. The van der Waals surface area contributed by atoms with Gasteiger partial charge in [-0.2, -0.15) is 0 Å². The lowest BCUT2D eigenvalue weighted by Crippen LogP contribution is -2.56. The number of methoxy groups -OCH3 is 1. The summed E-state index contributed by atoms with van der Waals surface area (Å²) in [7, 11) is -0.490. The highest BCUT2D eigenvalue weighted by Gasteiger charge is 2.54. The quantitative estimate of drug-likeness (QED) is 0.569. The number of esters is 1. The fraction of sp³-hybridized carbons (Fsp3) is 0.632. The predicted octanol–water partition coefficient (Wildman–Crippen LogP) is 4.88. The Kier molecular flexibility index (Phi) is 5.07. The highest BCUT2D eigenvalue weighted by molar-refractivity contribution is 6.74. The van der Waals surface area contributed by atoms with E-state index < -0.39 is 8.32 Å². The minimum atomic E-state index is -1.95. The zero-order valence-corrected chi connectivity index (χ0v) is 16.3. The van der Waals surface area contributed by atoms with Gasteiger partial charge in [0, 0.05) is 5.92 Å². The molecule has 1 fully saturated rings. The van der Waals surface area contributed by atoms with E-state index in [0.29, 0.717) is 6.42 Å². The summed E-state index contributed by atoms with van der Waals surface area (Å²) in [6, 6.07) is 10.4. The first-order valence-electron chi connectivity index (χ1n) is 8.45. The lowest BCUT2D eigenvalue weighted by atomic mass is 9.64. The maximum Gasteiger partial charge on any atom is 0.305 e. The molecule has 0 spiro atoms. The van der Waals surface area contributed by atoms with Gasteiger partial charge in [0.15, 0.2) is 8.32 Å². The first-order chi connectivity index (χ1) is 10.6. The Morgan fingerprint density at radius 3 is 2.30 bits per heavy atom. The van der Waals surface area contributed by atoms with Crippen molar-refractivity contribution in [2.24, 2.45) is 5.92 Å². The minimum absolute atomic E-state index is 0.139. The maximum absolute atomic E-state index is 11.8. The molecule has 0 aliphatic heterocycles. The Labute approximate surface area is 141 Å². The van der Waals surface area contributed by atoms with Crippen LogP contribution in [0.4, 0.5) is 0 Å². The van der Waals surface area contributed by atoms with Crippen molar-refractivity contribution in [1.82, 2.24) is 0 Å². The van der Waals surface area contributed by atoms with E-state index >= 15 is 0 Å². The molecule has 1 aliphatic rings. The van der Waals surface area contributed by atoms with Crippen molar-refractivity contribution < 1.29 is 14.0 Å². The van der Waals surface area contributed by atoms with Gasteiger partial charge in [0.25, 0.3) is 0 Å². The monoisotopic (exact) mass is 334 g/mol. The van der Waals surface area contributed by atoms with E-state index in [4.69, 9.17) is 9.16 Å². The largest absolute Gasteiger partial charge is 0.469 e. The molecule has 0 bridgehead atoms. The molecular formula is C19H30O3Si. The number of rotatable bonds is 5. The highest BCUT2D eigenvalue weighted by Crippen LogP contribution is 2.55. The second kappa shape index (κ2) is 6.40. The molecule has 0 aromatic heterocycles. The number of benzene rings is 1. The van der Waals surface area contributed by atoms with Crippen LogP contribution in [0, 0.1) is 5.92 Å². The van der Waals surface area contributed by atoms with E-state index in [1.54, 1.807) is 0 Å². The van der Waals surface area contributed by atoms with Crippen LogP contribution < -0.4 is 0 Å². The van der Waals surface area contributed by atoms with Crippen molar-refractivity contribution in [3.63, 3.8) is 0 Å². The summed E-state index contributed by atoms with van der Waals surface area (Å²) in [5, 5.41) is 0.139. The van der Waals surface area contributed by atoms with Gasteiger partial charge in [-0.3, -0.25) is 4.79 Å². The summed E-state index contributed by atoms with van der Waals surface area (Å²) in [5.41, 5.74) is 0.864. The molecule has 2 rings (SSSR count). The van der Waals surface area contributed by atoms with E-state index in [-0.39, 0.29) is 22.5 Å². The molecule has 1 aromatic carbocycles. The summed E-state index contributed by atoms with van der Waals surface area (Å²) in [6.07, 6.45) is 2.42. The smallest absolute Gasteiger partial charge is 0.305 e. The van der Waals surface area contributed by atoms with Gasteiger partial charge in [-0.1, -0.05) is 51.1 Å². The van der Waals surface area contributed by atoms with E-state index in [1.165, 1.54) is 12.7 Å². The van der Waals surface area contributed by atoms with Gasteiger partial charge in [0.1, 0.15) is 0 Å². The Hall–Kier alpha value is -1.13. The lowest BCUT2D eigenvalue weighted by molar-refractivity contribution is -0.151. The summed E-state index contributed by atoms with van der Waals surface area (Å²) in [5.74, 6) is 0.0558. The molecule has 4 heteroatoms. The minimum Gasteiger partial charge on any atom is -0.469 e. The Morgan fingerprint density at radius 2 is 1.87 bits per heavy atom. The number of ether oxygens (including phenoxy) is 1. The Balaban J connectivity index is 2.36. The molecule has 0 N–H and O–H groups in total. The third-order valence-electron chi connectivity index (χ3n) is 5.67. The summed E-state index contributed by atoms with van der Waals surface area (Å²) in [6.45, 7) is 11.3. The molecule has 23 heavy (non-hydrogen) atoms. The molecule has 0 amide bonds. The Bertz CT molecular complexity index is 547. The zero-order chi connectivity index (χ0) is 17.3. The molecular weight excluding hydrogens is 304 g/mol. The number of carbonyl (C=O) groups excluding carboxylic acids is 1. The van der Waals surface area contributed by atoms with Crippen LogP contribution in [0.15, 0.2) is 30.3 Å². The number of hydrogen-bond acceptors (Lipinski definition) is 3. The summed E-state index contributed by atoms with van der Waals surface area (Å²) < 4.78 is 11.8. The predicted molar refractivity (Wildman–Crippen MR) is 95.8 cm³/mol. The third-order valence-corrected chi connectivity index (χ3v) is 10.2. The van der Waals surface area contributed by atoms with Crippen molar-refractivity contribution in [2.45, 2.75) is 63.8 Å². The molecule has 0 heterocycles. The van der Waals surface area contributed by atoms with E-state index in [0.717, 1.165) is 12.8 Å². The summed E-state index contributed by atoms with van der Waals surface area (Å²) >= 11 is 0. The normalized spacial score (nSPS) is 24.9. The molecule has 0 radical (unpaired) electrons. The molecule has 1 saturated carbocycles. The molecule has 0 saturated heterocycles. The van der Waals surface area contributed by atoms with Crippen LogP contribution in [-0.4, -0.2) is 21.4 Å². The zero-order valence-electron chi connectivity index (χ0n) is 15.3. The molecule has 0 unspecified atom stereocenters. The fourth-order valence-electron chi connectivity index (χ4n) is 3.06. The van der Waals surface area contributed by atoms with Crippen molar-refractivity contribution in [1.29, 1.82) is 0 Å². The average Bonchev–Trinajstić information content (AvgIpc) is 2.48. The van der Waals surface area contributed by atoms with Crippen LogP contribution in [0.5, 0.6) is 0 Å². The molecule has 1 aromatic rings. The molecule has 3 nitrogen and oxygen atoms in total. The fourth-order valence-corrected chi connectivity index (χ4v) is 4.67. The van der Waals surface area contributed by atoms with Crippen molar-refractivity contribution >= 4 is 14.3 Å². The molecule has 1 aliphatic carbocycles. The van der Waals surface area contributed by atoms with Gasteiger partial charge in [-0.15, -0.1) is 0 Å². The van der Waals surface area contributed by atoms with Gasteiger partial charge in [0.2, 0.25) is 0 Å². The number of carbonyl (C=O) groups is 1. The van der Waals surface area contributed by atoms with Crippen LogP contribution in [-0.2, 0) is 19.6 Å². The van der Waals surface area contributed by atoms with Crippen LogP contribution >= 0.6 is 0 Å². The van der Waals surface area contributed by atoms with E-state index in [2.05, 4.69) is 58.1 Å². The second-order valence-electron chi connectivity index (χ2n) is 8.13. The van der Waals surface area contributed by atoms with Crippen LogP contribution in [0.25, 0.3) is 0 Å². The maximum atomic E-state index is 11.8. The first-order valence-corrected chi connectivity index (χ1v) is 11.4. The van der Waals surface area contributed by atoms with Crippen molar-refractivity contribution in [3.05, 3.63) is 35.9 Å². The van der Waals surface area contributed by atoms with Gasteiger partial charge in [0.05, 0.1) is 19.1 Å². The van der Waals surface area contributed by atoms with Crippen molar-refractivity contribution in [2.75, 3.05) is 7.11 Å². The van der Waals surface area contributed by atoms with Crippen molar-refractivity contribution in [3.8, 4) is 0 Å². The third kappa shape index (κ3) is 3.53. The van der Waals surface area contributed by atoms with E-state index in [1.807, 2.05) is 6.07 Å². The Morgan fingerprint density at radius 1 is 1.26 bits per heavy atom. The SMILES string of the molecule is COC(=O)C[C@@H]1CC[C@]1(O[Si](C)(C)C(C)(C)C)c1ccccc1. The van der Waals surface area contributed by atoms with Gasteiger partial charge < -0.3 is 9.16 Å². The molecule has 2 atom stereocenters. The van der Waals surface area contributed by atoms with Crippen LogP contribution in [0.3, 0.4) is 0 Å². The van der Waals surface area contributed by atoms with E-state index in [9.17, 15) is 4.79 Å². The van der Waals surface area contributed by atoms with Crippen LogP contribution in [0.1, 0.15) is 45.6 Å². The van der Waals surface area contributed by atoms with Gasteiger partial charge >= 0.3 is 5.97 Å². The standard InChI is InChI=1S/C19H30O3Si/c1-18(2,3)23(5,6)22-19(15-10-8-7-9-11-15)13-12-16(19)14-17(20)21-4/h7-11,16H,12-14H2,1-6H3/t16-,19-/m0/s1. The first kappa shape index (κ1) is 18.2. The molecule has 128 valence electrons. The lowest BCUT2D eigenvalue weighted by Gasteiger charge is -2.55. The van der Waals surface area contributed by atoms with Crippen LogP contribution in [0.2, 0.25) is 18.1 Å².